The molecule has 2 aromatic carbocycles. The third-order valence-electron chi connectivity index (χ3n) is 4.17. The molecule has 0 spiro atoms. The van der Waals surface area contributed by atoms with Gasteiger partial charge in [0, 0.05) is 5.57 Å². The standard InChI is InChI=1S/C18H14N2OS/c21-17-13-14(16(19-17)12-9-5-2-6-10-12)18(22)20-15(13)11-7-3-1-4-8-11/h1-10,15-16H,(H,19,21)(H,20,22). The van der Waals surface area contributed by atoms with Crippen LogP contribution in [0, 0.1) is 0 Å². The normalized spacial score (nSPS) is 23.3. The zero-order valence-electron chi connectivity index (χ0n) is 11.7. The average Bonchev–Trinajstić information content (AvgIpc) is 3.09. The molecule has 2 atom stereocenters. The van der Waals surface area contributed by atoms with E-state index in [4.69, 9.17) is 12.2 Å². The second kappa shape index (κ2) is 5.07. The van der Waals surface area contributed by atoms with Crippen molar-refractivity contribution in [3.63, 3.8) is 0 Å². The highest BCUT2D eigenvalue weighted by Crippen LogP contribution is 2.41. The van der Waals surface area contributed by atoms with Gasteiger partial charge in [-0.05, 0) is 11.1 Å². The molecule has 0 fully saturated rings. The van der Waals surface area contributed by atoms with E-state index >= 15 is 0 Å². The van der Waals surface area contributed by atoms with E-state index < -0.39 is 0 Å². The Kier molecular flexibility index (Phi) is 3.05. The Bertz CT molecular complexity index is 716. The summed E-state index contributed by atoms with van der Waals surface area (Å²) in [5.41, 5.74) is 3.78. The second-order valence-electron chi connectivity index (χ2n) is 5.46. The molecule has 0 aliphatic carbocycles. The van der Waals surface area contributed by atoms with Gasteiger partial charge in [0.1, 0.15) is 4.99 Å². The summed E-state index contributed by atoms with van der Waals surface area (Å²) in [5.74, 6) is -0.0370. The Hall–Kier alpha value is -2.46. The van der Waals surface area contributed by atoms with Crippen LogP contribution in [0.2, 0.25) is 0 Å². The lowest BCUT2D eigenvalue weighted by Crippen LogP contribution is -2.32. The minimum absolute atomic E-state index is 0.0370. The van der Waals surface area contributed by atoms with E-state index in [1.165, 1.54) is 0 Å². The molecule has 2 aliphatic heterocycles. The molecule has 0 saturated carbocycles. The molecular formula is C18H14N2OS. The zero-order chi connectivity index (χ0) is 15.1. The van der Waals surface area contributed by atoms with Gasteiger partial charge in [-0.25, -0.2) is 0 Å². The largest absolute Gasteiger partial charge is 0.365 e. The summed E-state index contributed by atoms with van der Waals surface area (Å²) in [6.45, 7) is 0. The number of benzene rings is 2. The van der Waals surface area contributed by atoms with Gasteiger partial charge in [0.05, 0.1) is 17.7 Å². The second-order valence-corrected chi connectivity index (χ2v) is 5.87. The van der Waals surface area contributed by atoms with E-state index in [1.54, 1.807) is 0 Å². The molecular weight excluding hydrogens is 292 g/mol. The Morgan fingerprint density at radius 3 is 1.77 bits per heavy atom. The Morgan fingerprint density at radius 2 is 1.23 bits per heavy atom. The maximum atomic E-state index is 12.5. The molecule has 0 aromatic heterocycles. The highest BCUT2D eigenvalue weighted by atomic mass is 32.1. The first-order valence-electron chi connectivity index (χ1n) is 7.21. The van der Waals surface area contributed by atoms with Crippen molar-refractivity contribution in [2.24, 2.45) is 0 Å². The van der Waals surface area contributed by atoms with Crippen molar-refractivity contribution in [3.8, 4) is 0 Å². The van der Waals surface area contributed by atoms with E-state index in [2.05, 4.69) is 10.6 Å². The predicted molar refractivity (Wildman–Crippen MR) is 89.3 cm³/mol. The lowest BCUT2D eigenvalue weighted by Gasteiger charge is -2.18. The number of nitrogens with one attached hydrogen (secondary N) is 2. The number of carbonyl (C=O) groups is 1. The van der Waals surface area contributed by atoms with Gasteiger partial charge in [-0.3, -0.25) is 4.79 Å². The molecule has 1 amide bonds. The molecule has 4 heteroatoms. The van der Waals surface area contributed by atoms with Gasteiger partial charge in [0.15, 0.2) is 0 Å². The number of carbonyl (C=O) groups excluding carboxylic acids is 1. The molecule has 0 saturated heterocycles. The summed E-state index contributed by atoms with van der Waals surface area (Å²) in [4.78, 5) is 13.2. The van der Waals surface area contributed by atoms with Crippen molar-refractivity contribution < 1.29 is 4.79 Å². The quantitative estimate of drug-likeness (QED) is 0.838. The van der Waals surface area contributed by atoms with Crippen molar-refractivity contribution in [1.29, 1.82) is 0 Å². The van der Waals surface area contributed by atoms with Crippen LogP contribution >= 0.6 is 12.2 Å². The van der Waals surface area contributed by atoms with E-state index in [0.29, 0.717) is 4.99 Å². The topological polar surface area (TPSA) is 41.1 Å². The van der Waals surface area contributed by atoms with Crippen LogP contribution in [0.15, 0.2) is 71.8 Å². The van der Waals surface area contributed by atoms with Gasteiger partial charge in [0.2, 0.25) is 0 Å². The molecule has 108 valence electrons. The van der Waals surface area contributed by atoms with Crippen LogP contribution in [0.25, 0.3) is 0 Å². The first-order valence-corrected chi connectivity index (χ1v) is 7.62. The van der Waals surface area contributed by atoms with E-state index in [0.717, 1.165) is 22.3 Å². The molecule has 0 radical (unpaired) electrons. The van der Waals surface area contributed by atoms with Crippen LogP contribution in [-0.4, -0.2) is 10.9 Å². The monoisotopic (exact) mass is 306 g/mol. The molecule has 0 bridgehead atoms. The van der Waals surface area contributed by atoms with Crippen molar-refractivity contribution in [2.75, 3.05) is 0 Å². The number of amides is 1. The molecule has 2 unspecified atom stereocenters. The molecule has 2 aliphatic rings. The van der Waals surface area contributed by atoms with Crippen LogP contribution in [-0.2, 0) is 4.79 Å². The van der Waals surface area contributed by atoms with Crippen molar-refractivity contribution >= 4 is 23.1 Å². The summed E-state index contributed by atoms with van der Waals surface area (Å²) in [5, 5.41) is 6.36. The number of rotatable bonds is 2. The molecule has 2 heterocycles. The Morgan fingerprint density at radius 1 is 0.727 bits per heavy atom. The van der Waals surface area contributed by atoms with Crippen LogP contribution in [0.4, 0.5) is 0 Å². The fraction of sp³-hybridized carbons (Fsp3) is 0.111. The van der Waals surface area contributed by atoms with Crippen LogP contribution in [0.1, 0.15) is 23.2 Å². The van der Waals surface area contributed by atoms with E-state index in [1.807, 2.05) is 60.7 Å². The minimum atomic E-state index is -0.155. The fourth-order valence-electron chi connectivity index (χ4n) is 3.17. The maximum Gasteiger partial charge on any atom is 0.250 e. The van der Waals surface area contributed by atoms with Gasteiger partial charge in [-0.15, -0.1) is 0 Å². The third-order valence-corrected chi connectivity index (χ3v) is 4.51. The smallest absolute Gasteiger partial charge is 0.250 e. The van der Waals surface area contributed by atoms with Gasteiger partial charge >= 0.3 is 0 Å². The van der Waals surface area contributed by atoms with Crippen LogP contribution in [0.5, 0.6) is 0 Å². The highest BCUT2D eigenvalue weighted by Gasteiger charge is 2.43. The predicted octanol–water partition coefficient (Wildman–Crippen LogP) is 2.83. The fourth-order valence-corrected chi connectivity index (χ4v) is 3.52. The van der Waals surface area contributed by atoms with Crippen LogP contribution in [0.3, 0.4) is 0 Å². The van der Waals surface area contributed by atoms with Crippen molar-refractivity contribution in [1.82, 2.24) is 10.6 Å². The van der Waals surface area contributed by atoms with Gasteiger partial charge in [-0.2, -0.15) is 0 Å². The Balaban J connectivity index is 1.80. The number of hydrogen-bond acceptors (Lipinski definition) is 2. The Labute approximate surface area is 134 Å². The zero-order valence-corrected chi connectivity index (χ0v) is 12.6. The molecule has 2 aromatic rings. The highest BCUT2D eigenvalue weighted by molar-refractivity contribution is 7.80. The SMILES string of the molecule is O=C1NC(c2ccccc2)C2=C1C(c1ccccc1)NC2=S. The average molecular weight is 306 g/mol. The first-order chi connectivity index (χ1) is 10.8. The first kappa shape index (κ1) is 13.2. The molecule has 4 rings (SSSR count). The summed E-state index contributed by atoms with van der Waals surface area (Å²) < 4.78 is 0. The van der Waals surface area contributed by atoms with Crippen molar-refractivity contribution in [2.45, 2.75) is 12.1 Å². The number of hydrogen-bond donors (Lipinski definition) is 2. The summed E-state index contributed by atoms with van der Waals surface area (Å²) in [6.07, 6.45) is 0. The lowest BCUT2D eigenvalue weighted by atomic mass is 9.96. The lowest BCUT2D eigenvalue weighted by molar-refractivity contribution is -0.117. The number of thiocarbonyl (C=S) groups is 1. The van der Waals surface area contributed by atoms with E-state index in [9.17, 15) is 4.79 Å². The molecule has 2 N–H and O–H groups in total. The maximum absolute atomic E-state index is 12.5. The van der Waals surface area contributed by atoms with Crippen molar-refractivity contribution in [3.05, 3.63) is 82.9 Å². The van der Waals surface area contributed by atoms with E-state index in [-0.39, 0.29) is 18.0 Å². The summed E-state index contributed by atoms with van der Waals surface area (Å²) in [7, 11) is 0. The summed E-state index contributed by atoms with van der Waals surface area (Å²) in [6, 6.07) is 19.6. The van der Waals surface area contributed by atoms with Gasteiger partial charge in [-0.1, -0.05) is 72.9 Å². The van der Waals surface area contributed by atoms with Crippen LogP contribution < -0.4 is 10.6 Å². The summed E-state index contributed by atoms with van der Waals surface area (Å²) >= 11 is 5.50. The minimum Gasteiger partial charge on any atom is -0.365 e. The third kappa shape index (κ3) is 1.96. The molecule has 22 heavy (non-hydrogen) atoms. The van der Waals surface area contributed by atoms with Gasteiger partial charge in [0.25, 0.3) is 5.91 Å². The molecule has 3 nitrogen and oxygen atoms in total. The van der Waals surface area contributed by atoms with Gasteiger partial charge < -0.3 is 10.6 Å².